The summed E-state index contributed by atoms with van der Waals surface area (Å²) < 4.78 is 0.633. The molecule has 20 heavy (non-hydrogen) atoms. The second-order valence-electron chi connectivity index (χ2n) is 5.39. The molecule has 5 nitrogen and oxygen atoms in total. The molecule has 108 valence electrons. The van der Waals surface area contributed by atoms with Gasteiger partial charge in [-0.05, 0) is 59.7 Å². The summed E-state index contributed by atoms with van der Waals surface area (Å²) in [5.74, 6) is -0.835. The number of pyridine rings is 1. The van der Waals surface area contributed by atoms with Crippen LogP contribution >= 0.6 is 15.9 Å². The Labute approximate surface area is 125 Å². The highest BCUT2D eigenvalue weighted by Gasteiger charge is 2.42. The number of aliphatic carboxylic acids is 1. The Morgan fingerprint density at radius 2 is 2.05 bits per heavy atom. The fourth-order valence-electron chi connectivity index (χ4n) is 2.45. The van der Waals surface area contributed by atoms with E-state index in [9.17, 15) is 14.7 Å². The molecular weight excluding hydrogens is 324 g/mol. The van der Waals surface area contributed by atoms with E-state index in [1.54, 1.807) is 12.1 Å². The predicted molar refractivity (Wildman–Crippen MR) is 77.4 cm³/mol. The van der Waals surface area contributed by atoms with E-state index in [0.29, 0.717) is 28.9 Å². The molecule has 0 aromatic carbocycles. The number of carboxylic acid groups (broad SMARTS) is 1. The van der Waals surface area contributed by atoms with Crippen LogP contribution in [-0.2, 0) is 4.79 Å². The van der Waals surface area contributed by atoms with Gasteiger partial charge < -0.3 is 10.4 Å². The monoisotopic (exact) mass is 340 g/mol. The second kappa shape index (κ2) is 5.91. The van der Waals surface area contributed by atoms with Gasteiger partial charge in [-0.15, -0.1) is 0 Å². The fourth-order valence-corrected chi connectivity index (χ4v) is 2.68. The van der Waals surface area contributed by atoms with Crippen LogP contribution in [0.2, 0.25) is 0 Å². The minimum Gasteiger partial charge on any atom is -0.480 e. The first kappa shape index (κ1) is 15.0. The molecule has 0 aliphatic heterocycles. The van der Waals surface area contributed by atoms with Crippen molar-refractivity contribution >= 4 is 27.8 Å². The molecule has 1 aliphatic carbocycles. The molecule has 0 radical (unpaired) electrons. The van der Waals surface area contributed by atoms with E-state index in [-0.39, 0.29) is 5.91 Å². The minimum absolute atomic E-state index is 0.368. The summed E-state index contributed by atoms with van der Waals surface area (Å²) in [6.07, 6.45) is 4.00. The fraction of sp³-hybridized carbons (Fsp3) is 0.500. The number of amides is 1. The van der Waals surface area contributed by atoms with Crippen molar-refractivity contribution in [3.63, 3.8) is 0 Å². The summed E-state index contributed by atoms with van der Waals surface area (Å²) in [6.45, 7) is 2.10. The molecule has 1 aromatic heterocycles. The van der Waals surface area contributed by atoms with E-state index in [1.165, 1.54) is 6.20 Å². The number of aromatic nitrogens is 1. The minimum atomic E-state index is -1.14. The summed E-state index contributed by atoms with van der Waals surface area (Å²) in [7, 11) is 0. The smallest absolute Gasteiger partial charge is 0.329 e. The third-order valence-corrected chi connectivity index (χ3v) is 4.35. The number of nitrogens with zero attached hydrogens (tertiary/aromatic N) is 1. The summed E-state index contributed by atoms with van der Waals surface area (Å²) >= 11 is 3.20. The van der Waals surface area contributed by atoms with Gasteiger partial charge in [0.05, 0.1) is 5.56 Å². The van der Waals surface area contributed by atoms with Crippen LogP contribution in [-0.4, -0.2) is 27.5 Å². The molecule has 0 spiro atoms. The molecule has 2 rings (SSSR count). The quantitative estimate of drug-likeness (QED) is 0.829. The van der Waals surface area contributed by atoms with Gasteiger partial charge in [-0.3, -0.25) is 4.79 Å². The molecule has 1 heterocycles. The highest BCUT2D eigenvalue weighted by Crippen LogP contribution is 2.32. The normalized spacial score (nSPS) is 26.0. The Bertz CT molecular complexity index is 508. The average molecular weight is 341 g/mol. The van der Waals surface area contributed by atoms with Gasteiger partial charge >= 0.3 is 5.97 Å². The van der Waals surface area contributed by atoms with Crippen molar-refractivity contribution in [2.24, 2.45) is 5.92 Å². The van der Waals surface area contributed by atoms with Gasteiger partial charge in [0.25, 0.3) is 5.91 Å². The van der Waals surface area contributed by atoms with Gasteiger partial charge in [-0.2, -0.15) is 0 Å². The second-order valence-corrected chi connectivity index (χ2v) is 6.21. The van der Waals surface area contributed by atoms with E-state index in [4.69, 9.17) is 0 Å². The number of nitrogens with one attached hydrogen (secondary N) is 1. The zero-order valence-electron chi connectivity index (χ0n) is 11.2. The van der Waals surface area contributed by atoms with E-state index in [2.05, 4.69) is 33.2 Å². The van der Waals surface area contributed by atoms with Crippen molar-refractivity contribution in [1.29, 1.82) is 0 Å². The lowest BCUT2D eigenvalue weighted by atomic mass is 9.77. The van der Waals surface area contributed by atoms with Crippen LogP contribution in [0.25, 0.3) is 0 Å². The zero-order valence-corrected chi connectivity index (χ0v) is 12.8. The van der Waals surface area contributed by atoms with Crippen molar-refractivity contribution in [3.8, 4) is 0 Å². The molecule has 1 saturated carbocycles. The van der Waals surface area contributed by atoms with Crippen LogP contribution < -0.4 is 5.32 Å². The summed E-state index contributed by atoms with van der Waals surface area (Å²) in [6, 6.07) is 3.28. The highest BCUT2D eigenvalue weighted by molar-refractivity contribution is 9.10. The average Bonchev–Trinajstić information content (AvgIpc) is 2.42. The number of halogens is 1. The van der Waals surface area contributed by atoms with Crippen LogP contribution in [0.1, 0.15) is 43.0 Å². The van der Waals surface area contributed by atoms with Crippen LogP contribution in [0.3, 0.4) is 0 Å². The number of carboxylic acids is 1. The number of carbonyl (C=O) groups is 2. The topological polar surface area (TPSA) is 79.3 Å². The number of rotatable bonds is 3. The van der Waals surface area contributed by atoms with Gasteiger partial charge in [0.15, 0.2) is 0 Å². The summed E-state index contributed by atoms with van der Waals surface area (Å²) in [5, 5.41) is 12.2. The molecule has 0 saturated heterocycles. The molecule has 1 amide bonds. The maximum atomic E-state index is 12.2. The molecule has 2 N–H and O–H groups in total. The van der Waals surface area contributed by atoms with Gasteiger partial charge in [-0.25, -0.2) is 9.78 Å². The van der Waals surface area contributed by atoms with E-state index in [0.717, 1.165) is 12.8 Å². The van der Waals surface area contributed by atoms with Gasteiger partial charge in [0.2, 0.25) is 0 Å². The number of carbonyl (C=O) groups excluding carboxylic acids is 1. The van der Waals surface area contributed by atoms with Gasteiger partial charge in [0, 0.05) is 6.20 Å². The zero-order chi connectivity index (χ0) is 14.8. The lowest BCUT2D eigenvalue weighted by Gasteiger charge is -2.36. The third kappa shape index (κ3) is 3.17. The van der Waals surface area contributed by atoms with Gasteiger partial charge in [-0.1, -0.05) is 6.92 Å². The summed E-state index contributed by atoms with van der Waals surface area (Å²) in [4.78, 5) is 27.7. The Balaban J connectivity index is 2.14. The molecule has 0 unspecified atom stereocenters. The Morgan fingerprint density at radius 1 is 1.40 bits per heavy atom. The molecule has 0 bridgehead atoms. The van der Waals surface area contributed by atoms with Crippen molar-refractivity contribution in [2.75, 3.05) is 0 Å². The first-order valence-electron chi connectivity index (χ1n) is 6.60. The van der Waals surface area contributed by atoms with Crippen LogP contribution in [0.4, 0.5) is 0 Å². The molecule has 0 atom stereocenters. The van der Waals surface area contributed by atoms with Crippen molar-refractivity contribution in [2.45, 2.75) is 38.1 Å². The SMILES string of the molecule is CC1CCC(NC(=O)c2ccc(Br)nc2)(C(=O)O)CC1. The molecule has 6 heteroatoms. The van der Waals surface area contributed by atoms with Crippen molar-refractivity contribution in [1.82, 2.24) is 10.3 Å². The Kier molecular flexibility index (Phi) is 4.42. The maximum absolute atomic E-state index is 12.2. The van der Waals surface area contributed by atoms with Crippen molar-refractivity contribution in [3.05, 3.63) is 28.5 Å². The predicted octanol–water partition coefficient (Wildman–Crippen LogP) is 2.61. The molecular formula is C14H17BrN2O3. The molecule has 1 aromatic rings. The van der Waals surface area contributed by atoms with Gasteiger partial charge in [0.1, 0.15) is 10.1 Å². The van der Waals surface area contributed by atoms with Crippen molar-refractivity contribution < 1.29 is 14.7 Å². The van der Waals surface area contributed by atoms with Crippen LogP contribution in [0, 0.1) is 5.92 Å². The van der Waals surface area contributed by atoms with Crippen LogP contribution in [0.5, 0.6) is 0 Å². The molecule has 1 fully saturated rings. The van der Waals surface area contributed by atoms with E-state index in [1.807, 2.05) is 0 Å². The standard InChI is InChI=1S/C14H17BrN2O3/c1-9-4-6-14(7-5-9,13(19)20)17-12(18)10-2-3-11(15)16-8-10/h2-3,8-9H,4-7H2,1H3,(H,17,18)(H,19,20). The summed E-state index contributed by atoms with van der Waals surface area (Å²) in [5.41, 5.74) is -0.774. The number of hydrogen-bond donors (Lipinski definition) is 2. The Morgan fingerprint density at radius 3 is 2.55 bits per heavy atom. The van der Waals surface area contributed by atoms with Crippen LogP contribution in [0.15, 0.2) is 22.9 Å². The maximum Gasteiger partial charge on any atom is 0.329 e. The first-order chi connectivity index (χ1) is 9.43. The highest BCUT2D eigenvalue weighted by atomic mass is 79.9. The van der Waals surface area contributed by atoms with E-state index >= 15 is 0 Å². The molecule has 1 aliphatic rings. The Hall–Kier alpha value is -1.43. The lowest BCUT2D eigenvalue weighted by Crippen LogP contribution is -2.56. The lowest BCUT2D eigenvalue weighted by molar-refractivity contribution is -0.146. The number of hydrogen-bond acceptors (Lipinski definition) is 3. The first-order valence-corrected chi connectivity index (χ1v) is 7.40. The third-order valence-electron chi connectivity index (χ3n) is 3.88. The van der Waals surface area contributed by atoms with E-state index < -0.39 is 11.5 Å². The largest absolute Gasteiger partial charge is 0.480 e.